The molecule has 0 N–H and O–H groups in total. The number of hydrogen-bond donors (Lipinski definition) is 0. The maximum atomic E-state index is 12.9. The van der Waals surface area contributed by atoms with Crippen molar-refractivity contribution in [1.82, 2.24) is 24.6 Å². The molecule has 0 aromatic carbocycles. The smallest absolute Gasteiger partial charge is 0.355 e. The van der Waals surface area contributed by atoms with Crippen molar-refractivity contribution in [3.63, 3.8) is 0 Å². The highest BCUT2D eigenvalue weighted by molar-refractivity contribution is 7.18. The standard InChI is InChI=1S/C23H29F3N6S/c1-15(2)6-19(16-9-29-30(3)10-16)32-12-22(13-32)4-5-31(11-22)20-18-7-17(8-23(24,25)26)33-21(18)28-14-27-20/h7,9-10,14-15,19H,4-6,8,11-13H2,1-3H3/t19-/m1/s1. The molecule has 33 heavy (non-hydrogen) atoms. The average molecular weight is 479 g/mol. The predicted octanol–water partition coefficient (Wildman–Crippen LogP) is 4.83. The number of thiophene rings is 1. The number of aryl methyl sites for hydroxylation is 1. The minimum Gasteiger partial charge on any atom is -0.355 e. The molecule has 3 aromatic rings. The summed E-state index contributed by atoms with van der Waals surface area (Å²) < 4.78 is 40.5. The molecule has 0 saturated carbocycles. The zero-order valence-corrected chi connectivity index (χ0v) is 20.0. The summed E-state index contributed by atoms with van der Waals surface area (Å²) in [6.45, 7) is 8.29. The molecule has 0 amide bonds. The second-order valence-corrected chi connectivity index (χ2v) is 11.2. The molecule has 5 rings (SSSR count). The molecule has 2 fully saturated rings. The van der Waals surface area contributed by atoms with Gasteiger partial charge in [0, 0.05) is 61.3 Å². The molecule has 178 valence electrons. The van der Waals surface area contributed by atoms with Crippen LogP contribution in [0.25, 0.3) is 10.2 Å². The van der Waals surface area contributed by atoms with Crippen LogP contribution in [0, 0.1) is 11.3 Å². The van der Waals surface area contributed by atoms with Crippen LogP contribution in [0.15, 0.2) is 24.8 Å². The van der Waals surface area contributed by atoms with Gasteiger partial charge in [0.05, 0.1) is 18.0 Å². The van der Waals surface area contributed by atoms with Gasteiger partial charge < -0.3 is 4.90 Å². The van der Waals surface area contributed by atoms with Gasteiger partial charge in [-0.15, -0.1) is 11.3 Å². The highest BCUT2D eigenvalue weighted by Gasteiger charge is 2.50. The van der Waals surface area contributed by atoms with E-state index in [0.717, 1.165) is 61.6 Å². The van der Waals surface area contributed by atoms with Gasteiger partial charge in [-0.25, -0.2) is 9.97 Å². The van der Waals surface area contributed by atoms with Crippen LogP contribution >= 0.6 is 11.3 Å². The second-order valence-electron chi connectivity index (χ2n) is 10.1. The number of halogens is 3. The van der Waals surface area contributed by atoms with Crippen molar-refractivity contribution >= 4 is 27.4 Å². The lowest BCUT2D eigenvalue weighted by molar-refractivity contribution is -0.126. The number of likely N-dealkylation sites (tertiary alicyclic amines) is 1. The lowest BCUT2D eigenvalue weighted by Gasteiger charge is -2.52. The van der Waals surface area contributed by atoms with Crippen molar-refractivity contribution in [2.45, 2.75) is 45.3 Å². The lowest BCUT2D eigenvalue weighted by atomic mass is 9.77. The largest absolute Gasteiger partial charge is 0.393 e. The van der Waals surface area contributed by atoms with Crippen molar-refractivity contribution in [3.05, 3.63) is 35.2 Å². The van der Waals surface area contributed by atoms with E-state index in [0.29, 0.717) is 16.8 Å². The minimum absolute atomic E-state index is 0.208. The van der Waals surface area contributed by atoms with Gasteiger partial charge in [0.15, 0.2) is 0 Å². The van der Waals surface area contributed by atoms with Crippen molar-refractivity contribution in [1.29, 1.82) is 0 Å². The number of alkyl halides is 3. The minimum atomic E-state index is -4.22. The van der Waals surface area contributed by atoms with E-state index in [9.17, 15) is 13.2 Å². The Labute approximate surface area is 195 Å². The molecule has 0 aliphatic carbocycles. The Kier molecular flexibility index (Phi) is 5.63. The van der Waals surface area contributed by atoms with Crippen LogP contribution in [0.5, 0.6) is 0 Å². The zero-order valence-electron chi connectivity index (χ0n) is 19.1. The van der Waals surface area contributed by atoms with Gasteiger partial charge in [0.1, 0.15) is 17.0 Å². The van der Waals surface area contributed by atoms with Gasteiger partial charge >= 0.3 is 6.18 Å². The fourth-order valence-corrected chi connectivity index (χ4v) is 6.42. The molecule has 0 radical (unpaired) electrons. The highest BCUT2D eigenvalue weighted by atomic mass is 32.1. The maximum Gasteiger partial charge on any atom is 0.393 e. The molecule has 6 nitrogen and oxygen atoms in total. The number of hydrogen-bond acceptors (Lipinski definition) is 6. The molecule has 5 heterocycles. The van der Waals surface area contributed by atoms with Gasteiger partial charge in [-0.05, 0) is 24.8 Å². The van der Waals surface area contributed by atoms with Crippen LogP contribution in [0.1, 0.15) is 43.2 Å². The van der Waals surface area contributed by atoms with E-state index in [-0.39, 0.29) is 10.3 Å². The Morgan fingerprint density at radius 1 is 1.18 bits per heavy atom. The average Bonchev–Trinajstić information content (AvgIpc) is 3.40. The van der Waals surface area contributed by atoms with Crippen molar-refractivity contribution in [2.24, 2.45) is 18.4 Å². The van der Waals surface area contributed by atoms with E-state index in [1.165, 1.54) is 11.9 Å². The maximum absolute atomic E-state index is 12.9. The molecular weight excluding hydrogens is 449 g/mol. The van der Waals surface area contributed by atoms with E-state index >= 15 is 0 Å². The Morgan fingerprint density at radius 2 is 1.97 bits per heavy atom. The van der Waals surface area contributed by atoms with Crippen LogP contribution in [0.4, 0.5) is 19.0 Å². The first kappa shape index (κ1) is 22.6. The normalized spacial score (nSPS) is 19.7. The summed E-state index contributed by atoms with van der Waals surface area (Å²) in [4.78, 5) is 14.4. The van der Waals surface area contributed by atoms with Crippen LogP contribution in [-0.4, -0.2) is 57.0 Å². The third-order valence-corrected chi connectivity index (χ3v) is 7.84. The fourth-order valence-electron chi connectivity index (χ4n) is 5.39. The van der Waals surface area contributed by atoms with Crippen LogP contribution < -0.4 is 4.90 Å². The molecule has 10 heteroatoms. The third-order valence-electron chi connectivity index (χ3n) is 6.79. The van der Waals surface area contributed by atoms with Crippen LogP contribution in [0.2, 0.25) is 0 Å². The first-order valence-corrected chi connectivity index (χ1v) is 12.2. The lowest BCUT2D eigenvalue weighted by Crippen LogP contribution is -2.58. The first-order chi connectivity index (χ1) is 15.6. The summed E-state index contributed by atoms with van der Waals surface area (Å²) in [5, 5.41) is 5.12. The summed E-state index contributed by atoms with van der Waals surface area (Å²) in [7, 11) is 1.95. The molecule has 3 aromatic heterocycles. The van der Waals surface area contributed by atoms with Gasteiger partial charge in [-0.2, -0.15) is 18.3 Å². The summed E-state index contributed by atoms with van der Waals surface area (Å²) in [5.74, 6) is 1.36. The van der Waals surface area contributed by atoms with Crippen molar-refractivity contribution < 1.29 is 13.2 Å². The van der Waals surface area contributed by atoms with Crippen molar-refractivity contribution in [3.8, 4) is 0 Å². The van der Waals surface area contributed by atoms with Crippen molar-refractivity contribution in [2.75, 3.05) is 31.1 Å². The molecule has 2 saturated heterocycles. The summed E-state index contributed by atoms with van der Waals surface area (Å²) in [6.07, 6.45) is 2.59. The summed E-state index contributed by atoms with van der Waals surface area (Å²) in [5.41, 5.74) is 1.48. The zero-order chi connectivity index (χ0) is 23.4. The fraction of sp³-hybridized carbons (Fsp3) is 0.609. The topological polar surface area (TPSA) is 50.1 Å². The third kappa shape index (κ3) is 4.59. The molecule has 1 spiro atoms. The van der Waals surface area contributed by atoms with E-state index < -0.39 is 12.6 Å². The van der Waals surface area contributed by atoms with Gasteiger partial charge in [0.25, 0.3) is 0 Å². The van der Waals surface area contributed by atoms with Crippen LogP contribution in [0.3, 0.4) is 0 Å². The number of rotatable bonds is 6. The Morgan fingerprint density at radius 3 is 2.64 bits per heavy atom. The molecule has 0 unspecified atom stereocenters. The number of nitrogens with zero attached hydrogens (tertiary/aromatic N) is 6. The highest BCUT2D eigenvalue weighted by Crippen LogP contribution is 2.46. The molecular formula is C23H29F3N6S. The Hall–Kier alpha value is -2.20. The quantitative estimate of drug-likeness (QED) is 0.508. The van der Waals surface area contributed by atoms with E-state index in [1.54, 1.807) is 6.07 Å². The van der Waals surface area contributed by atoms with E-state index in [1.807, 2.05) is 17.9 Å². The molecule has 0 bridgehead atoms. The van der Waals surface area contributed by atoms with Crippen LogP contribution in [-0.2, 0) is 13.5 Å². The van der Waals surface area contributed by atoms with E-state index in [2.05, 4.69) is 44.9 Å². The Bertz CT molecular complexity index is 1130. The second kappa shape index (κ2) is 8.23. The van der Waals surface area contributed by atoms with E-state index in [4.69, 9.17) is 0 Å². The number of aromatic nitrogens is 4. The monoisotopic (exact) mass is 478 g/mol. The number of anilines is 1. The molecule has 2 aliphatic heterocycles. The SMILES string of the molecule is CC(C)C[C@H](c1cnn(C)c1)N1CC2(CCN(c3ncnc4sc(CC(F)(F)F)cc34)C2)C1. The molecule has 2 aliphatic rings. The van der Waals surface area contributed by atoms with Gasteiger partial charge in [-0.3, -0.25) is 9.58 Å². The number of fused-ring (bicyclic) bond motifs is 1. The van der Waals surface area contributed by atoms with Gasteiger partial charge in [0.2, 0.25) is 0 Å². The summed E-state index contributed by atoms with van der Waals surface area (Å²) in [6, 6.07) is 1.99. The predicted molar refractivity (Wildman–Crippen MR) is 123 cm³/mol. The Balaban J connectivity index is 1.31. The molecule has 1 atom stereocenters. The first-order valence-electron chi connectivity index (χ1n) is 11.4. The van der Waals surface area contributed by atoms with Gasteiger partial charge in [-0.1, -0.05) is 13.8 Å². The summed E-state index contributed by atoms with van der Waals surface area (Å²) >= 11 is 1.11.